The molecule has 1 saturated heterocycles. The average molecular weight is 361 g/mol. The molecule has 1 aliphatic rings. The third-order valence-electron chi connectivity index (χ3n) is 4.60. The monoisotopic (exact) mass is 361 g/mol. The van der Waals surface area contributed by atoms with Gasteiger partial charge < -0.3 is 19.9 Å². The van der Waals surface area contributed by atoms with E-state index >= 15 is 0 Å². The van der Waals surface area contributed by atoms with Gasteiger partial charge in [0, 0.05) is 52.3 Å². The number of hydrogen-bond acceptors (Lipinski definition) is 4. The number of hydrogen-bond donors (Lipinski definition) is 1. The van der Waals surface area contributed by atoms with Gasteiger partial charge in [-0.2, -0.15) is 0 Å². The Balaban J connectivity index is 1.68. The molecule has 0 aliphatic carbocycles. The van der Waals surface area contributed by atoms with Crippen molar-refractivity contribution in [2.24, 2.45) is 0 Å². The number of benzene rings is 1. The first-order chi connectivity index (χ1) is 12.6. The molecular weight excluding hydrogens is 330 g/mol. The van der Waals surface area contributed by atoms with Gasteiger partial charge >= 0.3 is 0 Å². The Morgan fingerprint density at radius 1 is 1.12 bits per heavy atom. The van der Waals surface area contributed by atoms with Crippen molar-refractivity contribution in [3.63, 3.8) is 0 Å². The summed E-state index contributed by atoms with van der Waals surface area (Å²) in [5.74, 6) is 0.169. The van der Waals surface area contributed by atoms with Gasteiger partial charge in [0.1, 0.15) is 0 Å². The highest BCUT2D eigenvalue weighted by Gasteiger charge is 2.12. The van der Waals surface area contributed by atoms with Gasteiger partial charge in [0.05, 0.1) is 13.2 Å². The minimum atomic E-state index is 0.000415. The van der Waals surface area contributed by atoms with E-state index in [1.54, 1.807) is 4.90 Å². The Labute approximate surface area is 156 Å². The first kappa shape index (κ1) is 20.2. The summed E-state index contributed by atoms with van der Waals surface area (Å²) in [6.07, 6.45) is 3.29. The largest absolute Gasteiger partial charge is 0.378 e. The summed E-state index contributed by atoms with van der Waals surface area (Å²) >= 11 is 0. The molecule has 0 saturated carbocycles. The number of unbranched alkanes of at least 4 members (excludes halogenated alkanes) is 2. The van der Waals surface area contributed by atoms with Crippen molar-refractivity contribution in [3.8, 4) is 0 Å². The topological polar surface area (TPSA) is 61.9 Å². The summed E-state index contributed by atoms with van der Waals surface area (Å²) in [5.41, 5.74) is 2.36. The van der Waals surface area contributed by atoms with Gasteiger partial charge in [-0.1, -0.05) is 18.6 Å². The van der Waals surface area contributed by atoms with Crippen molar-refractivity contribution in [3.05, 3.63) is 29.8 Å². The molecule has 6 heteroatoms. The quantitative estimate of drug-likeness (QED) is 0.685. The maximum Gasteiger partial charge on any atom is 0.222 e. The fraction of sp³-hybridized carbons (Fsp3) is 0.600. The third-order valence-corrected chi connectivity index (χ3v) is 4.60. The second-order valence-electron chi connectivity index (χ2n) is 6.81. The van der Waals surface area contributed by atoms with Crippen LogP contribution in [-0.2, 0) is 20.9 Å². The molecule has 0 spiro atoms. The summed E-state index contributed by atoms with van der Waals surface area (Å²) in [6.45, 7) is 6.27. The van der Waals surface area contributed by atoms with Gasteiger partial charge in [0.15, 0.2) is 0 Å². The van der Waals surface area contributed by atoms with E-state index < -0.39 is 0 Å². The summed E-state index contributed by atoms with van der Waals surface area (Å²) in [5, 5.41) is 2.77. The molecule has 0 unspecified atom stereocenters. The van der Waals surface area contributed by atoms with Gasteiger partial charge in [0.25, 0.3) is 0 Å². The van der Waals surface area contributed by atoms with E-state index in [1.165, 1.54) is 12.6 Å². The summed E-state index contributed by atoms with van der Waals surface area (Å²) in [7, 11) is 1.86. The first-order valence-corrected chi connectivity index (χ1v) is 9.46. The number of amides is 2. The molecule has 1 aromatic rings. The van der Waals surface area contributed by atoms with Crippen LogP contribution < -0.4 is 10.2 Å². The SMILES string of the molecule is CC(=O)NCCCCCC(=O)N(C)Cc1ccc(N2CCOCC2)cc1. The highest BCUT2D eigenvalue weighted by atomic mass is 16.5. The molecule has 0 bridgehead atoms. The van der Waals surface area contributed by atoms with Crippen LogP contribution >= 0.6 is 0 Å². The Hall–Kier alpha value is -2.08. The van der Waals surface area contributed by atoms with Gasteiger partial charge in [-0.05, 0) is 30.5 Å². The van der Waals surface area contributed by atoms with Crippen molar-refractivity contribution in [1.29, 1.82) is 0 Å². The van der Waals surface area contributed by atoms with Gasteiger partial charge in [0.2, 0.25) is 11.8 Å². The predicted octanol–water partition coefficient (Wildman–Crippen LogP) is 2.18. The lowest BCUT2D eigenvalue weighted by atomic mass is 10.1. The molecule has 1 aliphatic heterocycles. The van der Waals surface area contributed by atoms with Crippen molar-refractivity contribution in [2.45, 2.75) is 39.2 Å². The number of ether oxygens (including phenoxy) is 1. The fourth-order valence-electron chi connectivity index (χ4n) is 3.03. The zero-order chi connectivity index (χ0) is 18.8. The normalized spacial score (nSPS) is 14.2. The standard InChI is InChI=1S/C20H31N3O3/c1-17(24)21-11-5-3-4-6-20(25)22(2)16-18-7-9-19(10-8-18)23-12-14-26-15-13-23/h7-10H,3-6,11-16H2,1-2H3,(H,21,24). The van der Waals surface area contributed by atoms with E-state index in [1.807, 2.05) is 7.05 Å². The molecule has 0 aromatic heterocycles. The van der Waals surface area contributed by atoms with E-state index in [9.17, 15) is 9.59 Å². The van der Waals surface area contributed by atoms with Crippen LogP contribution in [-0.4, -0.2) is 56.6 Å². The number of carbonyl (C=O) groups is 2. The van der Waals surface area contributed by atoms with Gasteiger partial charge in [-0.15, -0.1) is 0 Å². The van der Waals surface area contributed by atoms with E-state index in [4.69, 9.17) is 4.74 Å². The number of nitrogens with one attached hydrogen (secondary N) is 1. The molecule has 1 aromatic carbocycles. The number of morpholine rings is 1. The van der Waals surface area contributed by atoms with Crippen LogP contribution in [0.4, 0.5) is 5.69 Å². The van der Waals surface area contributed by atoms with Crippen LogP contribution in [0.2, 0.25) is 0 Å². The zero-order valence-corrected chi connectivity index (χ0v) is 16.0. The molecular formula is C20H31N3O3. The lowest BCUT2D eigenvalue weighted by Crippen LogP contribution is -2.36. The minimum absolute atomic E-state index is 0.000415. The lowest BCUT2D eigenvalue weighted by molar-refractivity contribution is -0.130. The number of anilines is 1. The molecule has 6 nitrogen and oxygen atoms in total. The first-order valence-electron chi connectivity index (χ1n) is 9.46. The van der Waals surface area contributed by atoms with Crippen molar-refractivity contribution >= 4 is 17.5 Å². The maximum atomic E-state index is 12.2. The van der Waals surface area contributed by atoms with Crippen LogP contribution in [0.25, 0.3) is 0 Å². The molecule has 1 N–H and O–H groups in total. The van der Waals surface area contributed by atoms with Crippen LogP contribution in [0, 0.1) is 0 Å². The second kappa shape index (κ2) is 10.8. The Morgan fingerprint density at radius 2 is 1.81 bits per heavy atom. The van der Waals surface area contributed by atoms with Crippen LogP contribution in [0.5, 0.6) is 0 Å². The van der Waals surface area contributed by atoms with Crippen molar-refractivity contribution in [2.75, 3.05) is 44.8 Å². The van der Waals surface area contributed by atoms with Crippen LogP contribution in [0.15, 0.2) is 24.3 Å². The number of rotatable bonds is 9. The minimum Gasteiger partial charge on any atom is -0.378 e. The highest BCUT2D eigenvalue weighted by molar-refractivity contribution is 5.75. The smallest absolute Gasteiger partial charge is 0.222 e. The van der Waals surface area contributed by atoms with Crippen molar-refractivity contribution in [1.82, 2.24) is 10.2 Å². The summed E-state index contributed by atoms with van der Waals surface area (Å²) < 4.78 is 5.38. The number of nitrogens with zero attached hydrogens (tertiary/aromatic N) is 2. The van der Waals surface area contributed by atoms with E-state index in [2.05, 4.69) is 34.5 Å². The second-order valence-corrected chi connectivity index (χ2v) is 6.81. The number of carbonyl (C=O) groups excluding carboxylic acids is 2. The summed E-state index contributed by atoms with van der Waals surface area (Å²) in [4.78, 5) is 27.1. The molecule has 0 radical (unpaired) electrons. The molecule has 26 heavy (non-hydrogen) atoms. The summed E-state index contributed by atoms with van der Waals surface area (Å²) in [6, 6.07) is 8.45. The third kappa shape index (κ3) is 7.04. The maximum absolute atomic E-state index is 12.2. The Bertz CT molecular complexity index is 568. The molecule has 1 heterocycles. The molecule has 2 amide bonds. The Morgan fingerprint density at radius 3 is 2.46 bits per heavy atom. The highest BCUT2D eigenvalue weighted by Crippen LogP contribution is 2.17. The lowest BCUT2D eigenvalue weighted by Gasteiger charge is -2.29. The fourth-order valence-corrected chi connectivity index (χ4v) is 3.03. The van der Waals surface area contributed by atoms with Crippen LogP contribution in [0.1, 0.15) is 38.2 Å². The van der Waals surface area contributed by atoms with E-state index in [-0.39, 0.29) is 11.8 Å². The van der Waals surface area contributed by atoms with E-state index in [0.29, 0.717) is 19.5 Å². The average Bonchev–Trinajstić information content (AvgIpc) is 2.65. The predicted molar refractivity (Wildman–Crippen MR) is 103 cm³/mol. The van der Waals surface area contributed by atoms with Gasteiger partial charge in [-0.25, -0.2) is 0 Å². The molecule has 144 valence electrons. The zero-order valence-electron chi connectivity index (χ0n) is 16.0. The van der Waals surface area contributed by atoms with Crippen molar-refractivity contribution < 1.29 is 14.3 Å². The molecule has 2 rings (SSSR count). The molecule has 1 fully saturated rings. The van der Waals surface area contributed by atoms with Gasteiger partial charge in [-0.3, -0.25) is 9.59 Å². The van der Waals surface area contributed by atoms with E-state index in [0.717, 1.165) is 51.1 Å². The molecule has 0 atom stereocenters. The Kier molecular flexibility index (Phi) is 8.41. The van der Waals surface area contributed by atoms with Crippen LogP contribution in [0.3, 0.4) is 0 Å².